The Morgan fingerprint density at radius 1 is 1.19 bits per heavy atom. The van der Waals surface area contributed by atoms with E-state index < -0.39 is 18.6 Å². The Hall–Kier alpha value is -3.55. The zero-order chi connectivity index (χ0) is 19.8. The molecule has 0 aliphatic rings. The highest BCUT2D eigenvalue weighted by Crippen LogP contribution is 2.18. The van der Waals surface area contributed by atoms with Gasteiger partial charge in [0.1, 0.15) is 11.6 Å². The number of rotatable bonds is 7. The predicted molar refractivity (Wildman–Crippen MR) is 102 cm³/mol. The predicted octanol–water partition coefficient (Wildman–Crippen LogP) is 2.41. The van der Waals surface area contributed by atoms with Crippen LogP contribution in [0.15, 0.2) is 48.5 Å². The second-order valence-corrected chi connectivity index (χ2v) is 5.76. The molecule has 0 fully saturated rings. The molecule has 2 aromatic rings. The summed E-state index contributed by atoms with van der Waals surface area (Å²) in [7, 11) is 1.57. The van der Waals surface area contributed by atoms with Crippen molar-refractivity contribution in [3.05, 3.63) is 59.7 Å². The fraction of sp³-hybridized carbons (Fsp3) is 0.211. The number of anilines is 1. The molecular weight excluding hydrogens is 348 g/mol. The minimum Gasteiger partial charge on any atom is -0.497 e. The lowest BCUT2D eigenvalue weighted by Crippen LogP contribution is -2.31. The van der Waals surface area contributed by atoms with Gasteiger partial charge in [-0.3, -0.25) is 15.5 Å². The average Bonchev–Trinajstić information content (AvgIpc) is 2.66. The first-order chi connectivity index (χ1) is 12.9. The minimum atomic E-state index is -0.755. The van der Waals surface area contributed by atoms with E-state index in [0.29, 0.717) is 17.0 Å². The van der Waals surface area contributed by atoms with Gasteiger partial charge in [0, 0.05) is 11.3 Å². The largest absolute Gasteiger partial charge is 0.497 e. The lowest BCUT2D eigenvalue weighted by molar-refractivity contribution is -0.124. The van der Waals surface area contributed by atoms with E-state index in [2.05, 4.69) is 10.6 Å². The second kappa shape index (κ2) is 9.23. The van der Waals surface area contributed by atoms with Crippen LogP contribution in [0.3, 0.4) is 0 Å². The molecule has 8 nitrogen and oxygen atoms in total. The third kappa shape index (κ3) is 6.03. The van der Waals surface area contributed by atoms with Crippen molar-refractivity contribution in [1.82, 2.24) is 5.32 Å². The van der Waals surface area contributed by atoms with Gasteiger partial charge in [-0.15, -0.1) is 0 Å². The standard InChI is InChI=1S/C19H22N4O4/c1-12(14-4-3-5-16(10-14)26-2)22-17(24)11-27-19(25)23-15-8-6-13(7-9-15)18(20)21/h3-10,12H,11H2,1-2H3,(H3,20,21)(H,22,24)(H,23,25)/t12-/m0/s1. The number of nitrogen functional groups attached to an aromatic ring is 1. The van der Waals surface area contributed by atoms with E-state index in [1.54, 1.807) is 31.4 Å². The van der Waals surface area contributed by atoms with Crippen LogP contribution in [0.1, 0.15) is 24.1 Å². The zero-order valence-electron chi connectivity index (χ0n) is 15.1. The number of carbonyl (C=O) groups is 2. The van der Waals surface area contributed by atoms with Gasteiger partial charge in [-0.1, -0.05) is 12.1 Å². The molecule has 8 heteroatoms. The molecule has 0 saturated carbocycles. The van der Waals surface area contributed by atoms with Crippen LogP contribution < -0.4 is 21.1 Å². The van der Waals surface area contributed by atoms with Crippen molar-refractivity contribution >= 4 is 23.5 Å². The molecule has 2 rings (SSSR count). The summed E-state index contributed by atoms with van der Waals surface area (Å²) < 4.78 is 10.1. The highest BCUT2D eigenvalue weighted by Gasteiger charge is 2.12. The number of nitrogens with one attached hydrogen (secondary N) is 3. The van der Waals surface area contributed by atoms with Gasteiger partial charge < -0.3 is 20.5 Å². The van der Waals surface area contributed by atoms with Crippen LogP contribution in [-0.4, -0.2) is 31.6 Å². The number of carbonyl (C=O) groups excluding carboxylic acids is 2. The SMILES string of the molecule is COc1cccc([C@H](C)NC(=O)COC(=O)Nc2ccc(C(=N)N)cc2)c1. The van der Waals surface area contributed by atoms with Crippen molar-refractivity contribution in [2.24, 2.45) is 5.73 Å². The molecule has 0 aliphatic carbocycles. The topological polar surface area (TPSA) is 127 Å². The number of nitrogens with two attached hydrogens (primary N) is 1. The van der Waals surface area contributed by atoms with E-state index in [1.807, 2.05) is 31.2 Å². The number of amidine groups is 1. The van der Waals surface area contributed by atoms with Crippen LogP contribution in [0.25, 0.3) is 0 Å². The molecular formula is C19H22N4O4. The first kappa shape index (κ1) is 19.8. The van der Waals surface area contributed by atoms with Crippen molar-refractivity contribution in [3.63, 3.8) is 0 Å². The second-order valence-electron chi connectivity index (χ2n) is 5.76. The van der Waals surface area contributed by atoms with Crippen LogP contribution in [-0.2, 0) is 9.53 Å². The van der Waals surface area contributed by atoms with E-state index in [-0.39, 0.29) is 11.9 Å². The number of methoxy groups -OCH3 is 1. The molecule has 2 amide bonds. The highest BCUT2D eigenvalue weighted by atomic mass is 16.6. The van der Waals surface area contributed by atoms with Gasteiger partial charge in [0.2, 0.25) is 0 Å². The number of hydrogen-bond donors (Lipinski definition) is 4. The van der Waals surface area contributed by atoms with Crippen LogP contribution >= 0.6 is 0 Å². The summed E-state index contributed by atoms with van der Waals surface area (Å²) in [5.41, 5.74) is 7.25. The Bertz CT molecular complexity index is 821. The van der Waals surface area contributed by atoms with Crippen molar-refractivity contribution in [2.45, 2.75) is 13.0 Å². The quantitative estimate of drug-likeness (QED) is 0.440. The van der Waals surface area contributed by atoms with Crippen LogP contribution in [0.2, 0.25) is 0 Å². The zero-order valence-corrected chi connectivity index (χ0v) is 15.1. The first-order valence-corrected chi connectivity index (χ1v) is 8.20. The molecule has 27 heavy (non-hydrogen) atoms. The highest BCUT2D eigenvalue weighted by molar-refractivity contribution is 5.95. The van der Waals surface area contributed by atoms with Gasteiger partial charge in [-0.25, -0.2) is 4.79 Å². The van der Waals surface area contributed by atoms with Gasteiger partial charge in [0.15, 0.2) is 6.61 Å². The lowest BCUT2D eigenvalue weighted by atomic mass is 10.1. The van der Waals surface area contributed by atoms with Crippen molar-refractivity contribution < 1.29 is 19.1 Å². The van der Waals surface area contributed by atoms with E-state index in [4.69, 9.17) is 20.6 Å². The molecule has 0 spiro atoms. The van der Waals surface area contributed by atoms with Gasteiger partial charge in [0.25, 0.3) is 5.91 Å². The molecule has 0 saturated heterocycles. The Kier molecular flexibility index (Phi) is 6.76. The summed E-state index contributed by atoms with van der Waals surface area (Å²) in [5, 5.41) is 12.6. The maximum absolute atomic E-state index is 12.0. The van der Waals surface area contributed by atoms with Crippen LogP contribution in [0.4, 0.5) is 10.5 Å². The van der Waals surface area contributed by atoms with E-state index in [0.717, 1.165) is 5.56 Å². The van der Waals surface area contributed by atoms with E-state index in [9.17, 15) is 9.59 Å². The Labute approximate surface area is 157 Å². The number of amides is 2. The molecule has 142 valence electrons. The molecule has 0 unspecified atom stereocenters. The monoisotopic (exact) mass is 370 g/mol. The normalized spacial score (nSPS) is 11.2. The number of hydrogen-bond acceptors (Lipinski definition) is 5. The minimum absolute atomic E-state index is 0.0639. The van der Waals surface area contributed by atoms with Crippen molar-refractivity contribution in [3.8, 4) is 5.75 Å². The summed E-state index contributed by atoms with van der Waals surface area (Å²) in [5.74, 6) is 0.207. The van der Waals surface area contributed by atoms with Gasteiger partial charge in [-0.05, 0) is 48.9 Å². The van der Waals surface area contributed by atoms with Gasteiger partial charge in [0.05, 0.1) is 13.2 Å². The first-order valence-electron chi connectivity index (χ1n) is 8.20. The third-order valence-electron chi connectivity index (χ3n) is 3.75. The molecule has 0 aromatic heterocycles. The Balaban J connectivity index is 1.80. The molecule has 0 bridgehead atoms. The lowest BCUT2D eigenvalue weighted by Gasteiger charge is -2.15. The number of benzene rings is 2. The maximum atomic E-state index is 12.0. The van der Waals surface area contributed by atoms with Crippen molar-refractivity contribution in [2.75, 3.05) is 19.0 Å². The van der Waals surface area contributed by atoms with Crippen LogP contribution in [0.5, 0.6) is 5.75 Å². The smallest absolute Gasteiger partial charge is 0.412 e. The Morgan fingerprint density at radius 3 is 2.52 bits per heavy atom. The Morgan fingerprint density at radius 2 is 1.89 bits per heavy atom. The van der Waals surface area contributed by atoms with Crippen LogP contribution in [0, 0.1) is 5.41 Å². The summed E-state index contributed by atoms with van der Waals surface area (Å²) in [6, 6.07) is 13.4. The fourth-order valence-electron chi connectivity index (χ4n) is 2.30. The third-order valence-corrected chi connectivity index (χ3v) is 3.75. The van der Waals surface area contributed by atoms with E-state index >= 15 is 0 Å². The average molecular weight is 370 g/mol. The molecule has 0 radical (unpaired) electrons. The molecule has 0 heterocycles. The van der Waals surface area contributed by atoms with E-state index in [1.165, 1.54) is 0 Å². The number of ether oxygens (including phenoxy) is 2. The summed E-state index contributed by atoms with van der Waals surface area (Å²) in [6.45, 7) is 1.41. The fourth-order valence-corrected chi connectivity index (χ4v) is 2.30. The van der Waals surface area contributed by atoms with Crippen molar-refractivity contribution in [1.29, 1.82) is 5.41 Å². The summed E-state index contributed by atoms with van der Waals surface area (Å²) in [6.07, 6.45) is -0.755. The molecule has 5 N–H and O–H groups in total. The maximum Gasteiger partial charge on any atom is 0.412 e. The van der Waals surface area contributed by atoms with Gasteiger partial charge in [-0.2, -0.15) is 0 Å². The molecule has 0 aliphatic heterocycles. The van der Waals surface area contributed by atoms with Gasteiger partial charge >= 0.3 is 6.09 Å². The molecule has 1 atom stereocenters. The summed E-state index contributed by atoms with van der Waals surface area (Å²) >= 11 is 0. The summed E-state index contributed by atoms with van der Waals surface area (Å²) in [4.78, 5) is 23.8. The molecule has 2 aromatic carbocycles.